The molecule has 1 aliphatic heterocycles. The van der Waals surface area contributed by atoms with Crippen LogP contribution in [0.15, 0.2) is 17.7 Å². The molecule has 20 heavy (non-hydrogen) atoms. The number of imidazole rings is 1. The fraction of sp³-hybridized carbons (Fsp3) is 0.429. The van der Waals surface area contributed by atoms with Gasteiger partial charge in [0.15, 0.2) is 10.8 Å². The van der Waals surface area contributed by atoms with E-state index in [1.54, 1.807) is 17.4 Å². The van der Waals surface area contributed by atoms with E-state index in [0.717, 1.165) is 36.0 Å². The molecule has 0 saturated carbocycles. The highest BCUT2D eigenvalue weighted by Gasteiger charge is 2.22. The first-order valence-corrected chi connectivity index (χ1v) is 7.64. The number of piperidine rings is 1. The van der Waals surface area contributed by atoms with E-state index < -0.39 is 5.97 Å². The number of rotatable bonds is 3. The molecule has 1 atom stereocenters. The van der Waals surface area contributed by atoms with Gasteiger partial charge >= 0.3 is 5.97 Å². The second kappa shape index (κ2) is 5.28. The normalized spacial score (nSPS) is 20.1. The van der Waals surface area contributed by atoms with E-state index >= 15 is 0 Å². The molecule has 1 aliphatic rings. The van der Waals surface area contributed by atoms with E-state index in [2.05, 4.69) is 16.8 Å². The van der Waals surface area contributed by atoms with Crippen molar-refractivity contribution in [1.29, 1.82) is 0 Å². The zero-order chi connectivity index (χ0) is 14.1. The molecule has 0 aromatic carbocycles. The lowest BCUT2D eigenvalue weighted by atomic mass is 10.0. The van der Waals surface area contributed by atoms with Crippen molar-refractivity contribution in [1.82, 2.24) is 9.38 Å². The number of anilines is 1. The molecule has 2 aromatic rings. The molecule has 6 heteroatoms. The van der Waals surface area contributed by atoms with Crippen LogP contribution in [0.25, 0.3) is 11.0 Å². The standard InChI is InChI=1S/C14H17N3O2S/c1-10-3-2-6-16(9-10)13-11(4-5-12(18)19)17-7-8-20-14(17)15-13/h4-5,7-8,10H,2-3,6,9H2,1H3,(H,18,19). The van der Waals surface area contributed by atoms with E-state index in [4.69, 9.17) is 5.11 Å². The first kappa shape index (κ1) is 13.2. The van der Waals surface area contributed by atoms with Gasteiger partial charge in [-0.25, -0.2) is 9.78 Å². The predicted molar refractivity (Wildman–Crippen MR) is 80.3 cm³/mol. The Labute approximate surface area is 121 Å². The van der Waals surface area contributed by atoms with Crippen molar-refractivity contribution < 1.29 is 9.90 Å². The van der Waals surface area contributed by atoms with Crippen LogP contribution >= 0.6 is 11.3 Å². The van der Waals surface area contributed by atoms with E-state index in [9.17, 15) is 4.79 Å². The number of fused-ring (bicyclic) bond motifs is 1. The molecule has 2 aromatic heterocycles. The minimum atomic E-state index is -0.937. The minimum Gasteiger partial charge on any atom is -0.478 e. The quantitative estimate of drug-likeness (QED) is 0.883. The predicted octanol–water partition coefficient (Wildman–Crippen LogP) is 2.73. The number of carboxylic acids is 1. The third-order valence-corrected chi connectivity index (χ3v) is 4.38. The monoisotopic (exact) mass is 291 g/mol. The van der Waals surface area contributed by atoms with Crippen molar-refractivity contribution in [3.63, 3.8) is 0 Å². The fourth-order valence-electron chi connectivity index (χ4n) is 2.71. The number of thiazole rings is 1. The summed E-state index contributed by atoms with van der Waals surface area (Å²) in [6, 6.07) is 0. The Morgan fingerprint density at radius 1 is 1.60 bits per heavy atom. The Kier molecular flexibility index (Phi) is 3.48. The number of aromatic nitrogens is 2. The van der Waals surface area contributed by atoms with Crippen molar-refractivity contribution in [2.75, 3.05) is 18.0 Å². The highest BCUT2D eigenvalue weighted by molar-refractivity contribution is 7.15. The molecular formula is C14H17N3O2S. The molecule has 0 spiro atoms. The largest absolute Gasteiger partial charge is 0.478 e. The van der Waals surface area contributed by atoms with Gasteiger partial charge in [-0.15, -0.1) is 11.3 Å². The van der Waals surface area contributed by atoms with Gasteiger partial charge in [-0.3, -0.25) is 4.40 Å². The Balaban J connectivity index is 2.02. The molecule has 1 N–H and O–H groups in total. The molecule has 3 heterocycles. The van der Waals surface area contributed by atoms with Crippen LogP contribution < -0.4 is 4.90 Å². The fourth-order valence-corrected chi connectivity index (χ4v) is 3.43. The van der Waals surface area contributed by atoms with Gasteiger partial charge < -0.3 is 10.0 Å². The first-order valence-electron chi connectivity index (χ1n) is 6.76. The van der Waals surface area contributed by atoms with Gasteiger partial charge in [-0.1, -0.05) is 6.92 Å². The topological polar surface area (TPSA) is 57.8 Å². The summed E-state index contributed by atoms with van der Waals surface area (Å²) in [5.41, 5.74) is 0.859. The Hall–Kier alpha value is -1.82. The summed E-state index contributed by atoms with van der Waals surface area (Å²) in [7, 11) is 0. The van der Waals surface area contributed by atoms with Gasteiger partial charge in [-0.05, 0) is 24.8 Å². The molecule has 0 radical (unpaired) electrons. The average molecular weight is 291 g/mol. The van der Waals surface area contributed by atoms with Crippen molar-refractivity contribution in [3.8, 4) is 0 Å². The van der Waals surface area contributed by atoms with E-state index in [0.29, 0.717) is 5.92 Å². The summed E-state index contributed by atoms with van der Waals surface area (Å²) in [4.78, 5) is 18.6. The summed E-state index contributed by atoms with van der Waals surface area (Å²) in [5, 5.41) is 10.8. The lowest BCUT2D eigenvalue weighted by molar-refractivity contribution is -0.131. The minimum absolute atomic E-state index is 0.653. The second-order valence-electron chi connectivity index (χ2n) is 5.24. The number of nitrogens with zero attached hydrogens (tertiary/aromatic N) is 3. The highest BCUT2D eigenvalue weighted by atomic mass is 32.1. The molecule has 0 bridgehead atoms. The zero-order valence-corrected chi connectivity index (χ0v) is 12.1. The maximum Gasteiger partial charge on any atom is 0.328 e. The third kappa shape index (κ3) is 2.43. The average Bonchev–Trinajstić information content (AvgIpc) is 2.96. The number of hydrogen-bond donors (Lipinski definition) is 1. The van der Waals surface area contributed by atoms with E-state index in [1.165, 1.54) is 12.5 Å². The van der Waals surface area contributed by atoms with Crippen LogP contribution in [0.4, 0.5) is 5.82 Å². The van der Waals surface area contributed by atoms with E-state index in [-0.39, 0.29) is 0 Å². The molecule has 1 fully saturated rings. The molecule has 3 rings (SSSR count). The Morgan fingerprint density at radius 2 is 2.45 bits per heavy atom. The van der Waals surface area contributed by atoms with Crippen molar-refractivity contribution in [2.24, 2.45) is 5.92 Å². The Bertz CT molecular complexity index is 658. The van der Waals surface area contributed by atoms with Crippen LogP contribution in [0.2, 0.25) is 0 Å². The molecular weight excluding hydrogens is 274 g/mol. The van der Waals surface area contributed by atoms with Crippen LogP contribution in [0, 0.1) is 5.92 Å². The number of aliphatic carboxylic acids is 1. The molecule has 106 valence electrons. The van der Waals surface area contributed by atoms with Gasteiger partial charge in [0, 0.05) is 30.7 Å². The Morgan fingerprint density at radius 3 is 3.20 bits per heavy atom. The van der Waals surface area contributed by atoms with E-state index in [1.807, 2.05) is 16.0 Å². The van der Waals surface area contributed by atoms with Gasteiger partial charge in [0.25, 0.3) is 0 Å². The maximum atomic E-state index is 10.8. The molecule has 1 saturated heterocycles. The molecule has 0 aliphatic carbocycles. The van der Waals surface area contributed by atoms with Gasteiger partial charge in [-0.2, -0.15) is 0 Å². The molecule has 0 amide bonds. The highest BCUT2D eigenvalue weighted by Crippen LogP contribution is 2.29. The molecule has 1 unspecified atom stereocenters. The summed E-state index contributed by atoms with van der Waals surface area (Å²) < 4.78 is 1.96. The van der Waals surface area contributed by atoms with Crippen LogP contribution in [0.1, 0.15) is 25.5 Å². The lowest BCUT2D eigenvalue weighted by Gasteiger charge is -2.31. The maximum absolute atomic E-state index is 10.8. The van der Waals surface area contributed by atoms with Crippen molar-refractivity contribution >= 4 is 34.2 Å². The van der Waals surface area contributed by atoms with Crippen LogP contribution in [-0.4, -0.2) is 33.6 Å². The summed E-state index contributed by atoms with van der Waals surface area (Å²) >= 11 is 1.57. The molecule has 5 nitrogen and oxygen atoms in total. The number of carboxylic acid groups (broad SMARTS) is 1. The van der Waals surface area contributed by atoms with Gasteiger partial charge in [0.2, 0.25) is 0 Å². The third-order valence-electron chi connectivity index (χ3n) is 3.62. The summed E-state index contributed by atoms with van der Waals surface area (Å²) in [6.45, 7) is 4.22. The SMILES string of the molecule is CC1CCCN(c2nc3sccn3c2C=CC(=O)O)C1. The van der Waals surface area contributed by atoms with Crippen molar-refractivity contribution in [3.05, 3.63) is 23.3 Å². The van der Waals surface area contributed by atoms with Gasteiger partial charge in [0.05, 0.1) is 5.69 Å². The smallest absolute Gasteiger partial charge is 0.328 e. The summed E-state index contributed by atoms with van der Waals surface area (Å²) in [5.74, 6) is 0.619. The second-order valence-corrected chi connectivity index (χ2v) is 6.11. The number of hydrogen-bond acceptors (Lipinski definition) is 4. The lowest BCUT2D eigenvalue weighted by Crippen LogP contribution is -2.34. The number of carbonyl (C=O) groups is 1. The first-order chi connectivity index (χ1) is 9.65. The van der Waals surface area contributed by atoms with Crippen LogP contribution in [-0.2, 0) is 4.79 Å². The van der Waals surface area contributed by atoms with Crippen molar-refractivity contribution in [2.45, 2.75) is 19.8 Å². The zero-order valence-electron chi connectivity index (χ0n) is 11.3. The van der Waals surface area contributed by atoms with Crippen LogP contribution in [0.5, 0.6) is 0 Å². The summed E-state index contributed by atoms with van der Waals surface area (Å²) in [6.07, 6.45) is 7.17. The van der Waals surface area contributed by atoms with Crippen LogP contribution in [0.3, 0.4) is 0 Å². The van der Waals surface area contributed by atoms with Gasteiger partial charge in [0.1, 0.15) is 0 Å².